The summed E-state index contributed by atoms with van der Waals surface area (Å²) in [5.41, 5.74) is 6.11. The minimum absolute atomic E-state index is 0.117. The molecule has 0 fully saturated rings. The van der Waals surface area contributed by atoms with Crippen molar-refractivity contribution < 1.29 is 14.6 Å². The Morgan fingerprint density at radius 3 is 2.61 bits per heavy atom. The van der Waals surface area contributed by atoms with E-state index in [1.807, 2.05) is 0 Å². The molecule has 4 nitrogen and oxygen atoms in total. The quantitative estimate of drug-likeness (QED) is 0.762. The van der Waals surface area contributed by atoms with Gasteiger partial charge in [-0.25, -0.2) is 4.79 Å². The van der Waals surface area contributed by atoms with Gasteiger partial charge in [0.25, 0.3) is 0 Å². The van der Waals surface area contributed by atoms with E-state index in [-0.39, 0.29) is 5.56 Å². The molecule has 3 N–H and O–H groups in total. The summed E-state index contributed by atoms with van der Waals surface area (Å²) in [6.45, 7) is 6.92. The van der Waals surface area contributed by atoms with E-state index in [2.05, 4.69) is 20.8 Å². The number of carbonyl (C=O) groups is 1. The Morgan fingerprint density at radius 2 is 2.06 bits per heavy atom. The van der Waals surface area contributed by atoms with Crippen LogP contribution in [0.1, 0.15) is 37.6 Å². The van der Waals surface area contributed by atoms with Crippen LogP contribution >= 0.6 is 0 Å². The number of hydrogen-bond acceptors (Lipinski definition) is 3. The molecule has 0 aliphatic heterocycles. The van der Waals surface area contributed by atoms with Gasteiger partial charge in [-0.3, -0.25) is 0 Å². The average Bonchev–Trinajstić information content (AvgIpc) is 2.26. The van der Waals surface area contributed by atoms with Crippen LogP contribution in [0.3, 0.4) is 0 Å². The van der Waals surface area contributed by atoms with Gasteiger partial charge in [0.15, 0.2) is 0 Å². The van der Waals surface area contributed by atoms with Crippen LogP contribution in [0.25, 0.3) is 0 Å². The fourth-order valence-corrected chi connectivity index (χ4v) is 1.95. The zero-order valence-corrected chi connectivity index (χ0v) is 11.1. The Kier molecular flexibility index (Phi) is 5.01. The smallest absolute Gasteiger partial charge is 0.339 e. The summed E-state index contributed by atoms with van der Waals surface area (Å²) >= 11 is 0. The van der Waals surface area contributed by atoms with E-state index >= 15 is 0 Å². The molecule has 0 radical (unpaired) electrons. The molecule has 0 bridgehead atoms. The summed E-state index contributed by atoms with van der Waals surface area (Å²) in [5, 5.41) is 9.07. The van der Waals surface area contributed by atoms with E-state index in [1.54, 1.807) is 12.1 Å². The Hall–Kier alpha value is -1.71. The second kappa shape index (κ2) is 6.28. The number of anilines is 1. The fourth-order valence-electron chi connectivity index (χ4n) is 1.95. The highest BCUT2D eigenvalue weighted by Gasteiger charge is 2.13. The third-order valence-electron chi connectivity index (χ3n) is 2.63. The van der Waals surface area contributed by atoms with Gasteiger partial charge in [0, 0.05) is 5.69 Å². The molecule has 0 aliphatic rings. The van der Waals surface area contributed by atoms with E-state index in [0.717, 1.165) is 6.42 Å². The van der Waals surface area contributed by atoms with Gasteiger partial charge < -0.3 is 15.6 Å². The molecule has 100 valence electrons. The number of rotatable bonds is 6. The fraction of sp³-hybridized carbons (Fsp3) is 0.500. The molecule has 0 spiro atoms. The number of nitrogen functional groups attached to an aromatic ring is 1. The summed E-state index contributed by atoms with van der Waals surface area (Å²) in [4.78, 5) is 11.1. The molecule has 0 saturated carbocycles. The first-order valence-electron chi connectivity index (χ1n) is 6.15. The first-order valence-corrected chi connectivity index (χ1v) is 6.15. The summed E-state index contributed by atoms with van der Waals surface area (Å²) in [5.74, 6) is 0.360. The highest BCUT2D eigenvalue weighted by Crippen LogP contribution is 2.23. The maximum absolute atomic E-state index is 11.1. The lowest BCUT2D eigenvalue weighted by molar-refractivity contribution is 0.0691. The highest BCUT2D eigenvalue weighted by atomic mass is 16.5. The van der Waals surface area contributed by atoms with Crippen LogP contribution in [0.4, 0.5) is 5.69 Å². The maximum Gasteiger partial charge on any atom is 0.339 e. The van der Waals surface area contributed by atoms with Crippen molar-refractivity contribution in [2.24, 2.45) is 11.8 Å². The Morgan fingerprint density at radius 1 is 1.39 bits per heavy atom. The zero-order valence-electron chi connectivity index (χ0n) is 11.1. The van der Waals surface area contributed by atoms with Crippen molar-refractivity contribution in [3.63, 3.8) is 0 Å². The Labute approximate surface area is 108 Å². The largest absolute Gasteiger partial charge is 0.492 e. The molecule has 0 saturated heterocycles. The molecule has 1 unspecified atom stereocenters. The third kappa shape index (κ3) is 4.28. The van der Waals surface area contributed by atoms with Gasteiger partial charge in [0.2, 0.25) is 0 Å². The topological polar surface area (TPSA) is 72.5 Å². The molecule has 0 aromatic heterocycles. The number of aromatic carboxylic acids is 1. The number of hydrogen-bond donors (Lipinski definition) is 2. The van der Waals surface area contributed by atoms with Gasteiger partial charge in [-0.2, -0.15) is 0 Å². The molecule has 1 aromatic carbocycles. The predicted molar refractivity (Wildman–Crippen MR) is 71.9 cm³/mol. The molecule has 0 amide bonds. The first-order chi connectivity index (χ1) is 8.40. The summed E-state index contributed by atoms with van der Waals surface area (Å²) in [6.07, 6.45) is 1.05. The standard InChI is InChI=1S/C14H21NO3/c1-9(2)6-10(3)8-18-13-5-4-11(15)7-12(13)14(16)17/h4-5,7,9-10H,6,8,15H2,1-3H3,(H,16,17). The van der Waals surface area contributed by atoms with E-state index < -0.39 is 5.97 Å². The lowest BCUT2D eigenvalue weighted by Gasteiger charge is -2.16. The summed E-state index contributed by atoms with van der Waals surface area (Å²) < 4.78 is 5.58. The van der Waals surface area contributed by atoms with Gasteiger partial charge in [-0.15, -0.1) is 0 Å². The van der Waals surface area contributed by atoms with Crippen molar-refractivity contribution in [1.29, 1.82) is 0 Å². The van der Waals surface area contributed by atoms with Crippen LogP contribution in [0.5, 0.6) is 5.75 Å². The van der Waals surface area contributed by atoms with Crippen molar-refractivity contribution in [2.45, 2.75) is 27.2 Å². The summed E-state index contributed by atoms with van der Waals surface area (Å²) in [7, 11) is 0. The molecule has 0 heterocycles. The van der Waals surface area contributed by atoms with Crippen molar-refractivity contribution in [3.8, 4) is 5.75 Å². The zero-order chi connectivity index (χ0) is 13.7. The minimum Gasteiger partial charge on any atom is -0.492 e. The van der Waals surface area contributed by atoms with Gasteiger partial charge in [-0.1, -0.05) is 20.8 Å². The van der Waals surface area contributed by atoms with Crippen LogP contribution in [0, 0.1) is 11.8 Å². The third-order valence-corrected chi connectivity index (χ3v) is 2.63. The van der Waals surface area contributed by atoms with Crippen molar-refractivity contribution in [1.82, 2.24) is 0 Å². The lowest BCUT2D eigenvalue weighted by atomic mass is 10.00. The lowest BCUT2D eigenvalue weighted by Crippen LogP contribution is -2.13. The second-order valence-corrected chi connectivity index (χ2v) is 5.11. The van der Waals surface area contributed by atoms with Crippen molar-refractivity contribution in [3.05, 3.63) is 23.8 Å². The molecular formula is C14H21NO3. The van der Waals surface area contributed by atoms with Gasteiger partial charge in [0.05, 0.1) is 6.61 Å². The summed E-state index contributed by atoms with van der Waals surface area (Å²) in [6, 6.07) is 4.68. The molecule has 1 atom stereocenters. The van der Waals surface area contributed by atoms with Gasteiger partial charge >= 0.3 is 5.97 Å². The minimum atomic E-state index is -1.02. The van der Waals surface area contributed by atoms with Crippen LogP contribution in [0.15, 0.2) is 18.2 Å². The van der Waals surface area contributed by atoms with Crippen LogP contribution in [-0.4, -0.2) is 17.7 Å². The van der Waals surface area contributed by atoms with Crippen molar-refractivity contribution >= 4 is 11.7 Å². The van der Waals surface area contributed by atoms with Gasteiger partial charge in [0.1, 0.15) is 11.3 Å². The molecule has 18 heavy (non-hydrogen) atoms. The van der Waals surface area contributed by atoms with E-state index in [4.69, 9.17) is 15.6 Å². The van der Waals surface area contributed by atoms with Crippen LogP contribution < -0.4 is 10.5 Å². The second-order valence-electron chi connectivity index (χ2n) is 5.11. The highest BCUT2D eigenvalue weighted by molar-refractivity contribution is 5.92. The molecule has 1 aromatic rings. The van der Waals surface area contributed by atoms with E-state index in [9.17, 15) is 4.79 Å². The molecule has 4 heteroatoms. The molecular weight excluding hydrogens is 230 g/mol. The van der Waals surface area contributed by atoms with E-state index in [1.165, 1.54) is 6.07 Å². The monoisotopic (exact) mass is 251 g/mol. The maximum atomic E-state index is 11.1. The predicted octanol–water partition coefficient (Wildman–Crippen LogP) is 3.03. The Balaban J connectivity index is 2.70. The molecule has 0 aliphatic carbocycles. The average molecular weight is 251 g/mol. The Bertz CT molecular complexity index is 416. The molecule has 1 rings (SSSR count). The number of benzene rings is 1. The van der Waals surface area contributed by atoms with Crippen LogP contribution in [-0.2, 0) is 0 Å². The SMILES string of the molecule is CC(C)CC(C)COc1ccc(N)cc1C(=O)O. The van der Waals surface area contributed by atoms with Gasteiger partial charge in [-0.05, 0) is 36.5 Å². The number of nitrogens with two attached hydrogens (primary N) is 1. The first kappa shape index (κ1) is 14.4. The van der Waals surface area contributed by atoms with E-state index in [0.29, 0.717) is 29.9 Å². The number of carboxylic acid groups (broad SMARTS) is 1. The van der Waals surface area contributed by atoms with Crippen LogP contribution in [0.2, 0.25) is 0 Å². The van der Waals surface area contributed by atoms with Crippen molar-refractivity contribution in [2.75, 3.05) is 12.3 Å². The number of carboxylic acids is 1. The number of ether oxygens (including phenoxy) is 1. The normalized spacial score (nSPS) is 12.4.